The van der Waals surface area contributed by atoms with Gasteiger partial charge in [-0.15, -0.1) is 0 Å². The number of hydrogen-bond acceptors (Lipinski definition) is 7. The second-order valence-corrected chi connectivity index (χ2v) is 7.15. The quantitative estimate of drug-likeness (QED) is 0.835. The molecule has 0 saturated carbocycles. The van der Waals surface area contributed by atoms with E-state index in [4.69, 9.17) is 10.5 Å². The van der Waals surface area contributed by atoms with Gasteiger partial charge in [0.15, 0.2) is 0 Å². The SMILES string of the molecule is COCC(=O)N1CCCN(C2CCN(c3cc(C)nc(N)n3)CC2)CC1. The minimum Gasteiger partial charge on any atom is -0.375 e. The standard InChI is InChI=1S/C18H30N6O2/c1-14-12-16(21-18(19)20-14)23-8-4-15(5-9-23)22-6-3-7-24(11-10-22)17(25)13-26-2/h12,15H,3-11,13H2,1-2H3,(H2,19,20,21). The van der Waals surface area contributed by atoms with E-state index in [2.05, 4.69) is 19.8 Å². The lowest BCUT2D eigenvalue weighted by Gasteiger charge is -2.38. The van der Waals surface area contributed by atoms with E-state index in [0.29, 0.717) is 12.0 Å². The van der Waals surface area contributed by atoms with Gasteiger partial charge in [0.05, 0.1) is 0 Å². The maximum Gasteiger partial charge on any atom is 0.248 e. The molecule has 8 heteroatoms. The predicted molar refractivity (Wildman–Crippen MR) is 101 cm³/mol. The van der Waals surface area contributed by atoms with Crippen LogP contribution in [0.4, 0.5) is 11.8 Å². The van der Waals surface area contributed by atoms with Crippen LogP contribution in [0.5, 0.6) is 0 Å². The average Bonchev–Trinajstić information content (AvgIpc) is 2.87. The second kappa shape index (κ2) is 8.64. The van der Waals surface area contributed by atoms with Crippen molar-refractivity contribution in [2.75, 3.05) is 63.6 Å². The van der Waals surface area contributed by atoms with E-state index in [1.54, 1.807) is 7.11 Å². The summed E-state index contributed by atoms with van der Waals surface area (Å²) < 4.78 is 4.98. The second-order valence-electron chi connectivity index (χ2n) is 7.15. The normalized spacial score (nSPS) is 20.2. The number of hydrogen-bond donors (Lipinski definition) is 1. The lowest BCUT2D eigenvalue weighted by molar-refractivity contribution is -0.135. The Balaban J connectivity index is 1.52. The van der Waals surface area contributed by atoms with Gasteiger partial charge in [0.25, 0.3) is 0 Å². The Kier molecular flexibility index (Phi) is 6.26. The number of methoxy groups -OCH3 is 1. The number of carbonyl (C=O) groups is 1. The Bertz CT molecular complexity index is 597. The number of nitrogens with two attached hydrogens (primary N) is 1. The van der Waals surface area contributed by atoms with E-state index in [1.165, 1.54) is 0 Å². The molecule has 8 nitrogen and oxygen atoms in total. The highest BCUT2D eigenvalue weighted by atomic mass is 16.5. The largest absolute Gasteiger partial charge is 0.375 e. The molecule has 3 rings (SSSR count). The molecule has 0 aromatic carbocycles. The number of aryl methyl sites for hydroxylation is 1. The Labute approximate surface area is 155 Å². The molecule has 3 heterocycles. The van der Waals surface area contributed by atoms with Crippen LogP contribution in [0.1, 0.15) is 25.0 Å². The van der Waals surface area contributed by atoms with E-state index in [-0.39, 0.29) is 12.5 Å². The molecule has 0 spiro atoms. The molecule has 1 aromatic heterocycles. The number of aromatic nitrogens is 2. The lowest BCUT2D eigenvalue weighted by atomic mass is 10.0. The molecule has 26 heavy (non-hydrogen) atoms. The maximum absolute atomic E-state index is 12.0. The minimum atomic E-state index is 0.0980. The third-order valence-corrected chi connectivity index (χ3v) is 5.31. The van der Waals surface area contributed by atoms with Gasteiger partial charge in [0, 0.05) is 64.2 Å². The van der Waals surface area contributed by atoms with Crippen LogP contribution in [-0.4, -0.2) is 84.7 Å². The molecule has 144 valence electrons. The molecule has 0 bridgehead atoms. The molecule has 0 radical (unpaired) electrons. The van der Waals surface area contributed by atoms with Crippen molar-refractivity contribution in [1.29, 1.82) is 0 Å². The van der Waals surface area contributed by atoms with Crippen LogP contribution in [0.15, 0.2) is 6.07 Å². The minimum absolute atomic E-state index is 0.0980. The van der Waals surface area contributed by atoms with Crippen LogP contribution < -0.4 is 10.6 Å². The molecule has 0 unspecified atom stereocenters. The van der Waals surface area contributed by atoms with E-state index >= 15 is 0 Å². The van der Waals surface area contributed by atoms with Crippen molar-refractivity contribution in [2.45, 2.75) is 32.2 Å². The van der Waals surface area contributed by atoms with Crippen LogP contribution in [0.25, 0.3) is 0 Å². The summed E-state index contributed by atoms with van der Waals surface area (Å²) in [4.78, 5) is 27.4. The molecular formula is C18H30N6O2. The van der Waals surface area contributed by atoms with Crippen molar-refractivity contribution in [3.63, 3.8) is 0 Å². The lowest BCUT2D eigenvalue weighted by Crippen LogP contribution is -2.46. The first-order chi connectivity index (χ1) is 12.6. The number of nitrogen functional groups attached to an aromatic ring is 1. The van der Waals surface area contributed by atoms with Gasteiger partial charge in [0.1, 0.15) is 12.4 Å². The summed E-state index contributed by atoms with van der Waals surface area (Å²) >= 11 is 0. The fourth-order valence-corrected chi connectivity index (χ4v) is 3.96. The highest BCUT2D eigenvalue weighted by molar-refractivity contribution is 5.77. The molecule has 2 aliphatic rings. The maximum atomic E-state index is 12.0. The van der Waals surface area contributed by atoms with Crippen LogP contribution in [0, 0.1) is 6.92 Å². The van der Waals surface area contributed by atoms with E-state index in [9.17, 15) is 4.79 Å². The van der Waals surface area contributed by atoms with Crippen molar-refractivity contribution < 1.29 is 9.53 Å². The number of rotatable bonds is 4. The molecular weight excluding hydrogens is 332 g/mol. The number of nitrogens with zero attached hydrogens (tertiary/aromatic N) is 5. The van der Waals surface area contributed by atoms with Gasteiger partial charge < -0.3 is 20.3 Å². The Morgan fingerprint density at radius 2 is 1.96 bits per heavy atom. The summed E-state index contributed by atoms with van der Waals surface area (Å²) in [5, 5.41) is 0. The van der Waals surface area contributed by atoms with Gasteiger partial charge >= 0.3 is 0 Å². The molecule has 0 atom stereocenters. The van der Waals surface area contributed by atoms with Gasteiger partial charge in [-0.2, -0.15) is 4.98 Å². The molecule has 2 fully saturated rings. The molecule has 1 amide bonds. The number of ether oxygens (including phenoxy) is 1. The van der Waals surface area contributed by atoms with Crippen LogP contribution >= 0.6 is 0 Å². The van der Waals surface area contributed by atoms with Gasteiger partial charge in [-0.25, -0.2) is 4.98 Å². The third kappa shape index (κ3) is 4.62. The zero-order valence-corrected chi connectivity index (χ0v) is 15.9. The molecule has 2 N–H and O–H groups in total. The summed E-state index contributed by atoms with van der Waals surface area (Å²) in [5.41, 5.74) is 6.69. The highest BCUT2D eigenvalue weighted by Gasteiger charge is 2.28. The van der Waals surface area contributed by atoms with E-state index in [1.807, 2.05) is 17.9 Å². The van der Waals surface area contributed by atoms with E-state index in [0.717, 1.165) is 70.0 Å². The van der Waals surface area contributed by atoms with Crippen molar-refractivity contribution in [3.8, 4) is 0 Å². The number of anilines is 2. The molecule has 0 aliphatic carbocycles. The van der Waals surface area contributed by atoms with Gasteiger partial charge in [-0.1, -0.05) is 0 Å². The Hall–Kier alpha value is -1.93. The fraction of sp³-hybridized carbons (Fsp3) is 0.722. The third-order valence-electron chi connectivity index (χ3n) is 5.31. The zero-order valence-electron chi connectivity index (χ0n) is 15.9. The van der Waals surface area contributed by atoms with Gasteiger partial charge in [0.2, 0.25) is 11.9 Å². The van der Waals surface area contributed by atoms with Gasteiger partial charge in [-0.05, 0) is 26.2 Å². The Morgan fingerprint density at radius 3 is 2.65 bits per heavy atom. The number of carbonyl (C=O) groups excluding carboxylic acids is 1. The van der Waals surface area contributed by atoms with Crippen molar-refractivity contribution in [2.24, 2.45) is 0 Å². The van der Waals surface area contributed by atoms with E-state index < -0.39 is 0 Å². The monoisotopic (exact) mass is 362 g/mol. The summed E-state index contributed by atoms with van der Waals surface area (Å²) in [6, 6.07) is 2.58. The predicted octanol–water partition coefficient (Wildman–Crippen LogP) is 0.517. The average molecular weight is 362 g/mol. The number of amides is 1. The molecule has 2 aliphatic heterocycles. The molecule has 2 saturated heterocycles. The first kappa shape index (κ1) is 18.8. The highest BCUT2D eigenvalue weighted by Crippen LogP contribution is 2.23. The summed E-state index contributed by atoms with van der Waals surface area (Å²) in [6.07, 6.45) is 3.24. The summed E-state index contributed by atoms with van der Waals surface area (Å²) in [7, 11) is 1.57. The van der Waals surface area contributed by atoms with Gasteiger partial charge in [-0.3, -0.25) is 9.69 Å². The van der Waals surface area contributed by atoms with Crippen LogP contribution in [-0.2, 0) is 9.53 Å². The first-order valence-electron chi connectivity index (χ1n) is 9.43. The smallest absolute Gasteiger partial charge is 0.248 e. The Morgan fingerprint density at radius 1 is 1.19 bits per heavy atom. The summed E-state index contributed by atoms with van der Waals surface area (Å²) in [6.45, 7) is 7.70. The molecule has 1 aromatic rings. The topological polar surface area (TPSA) is 87.8 Å². The van der Waals surface area contributed by atoms with Crippen LogP contribution in [0.3, 0.4) is 0 Å². The summed E-state index contributed by atoms with van der Waals surface area (Å²) in [5.74, 6) is 1.37. The van der Waals surface area contributed by atoms with Crippen molar-refractivity contribution in [1.82, 2.24) is 19.8 Å². The van der Waals surface area contributed by atoms with Crippen molar-refractivity contribution >= 4 is 17.7 Å². The van der Waals surface area contributed by atoms with Crippen molar-refractivity contribution in [3.05, 3.63) is 11.8 Å². The zero-order chi connectivity index (χ0) is 18.5. The van der Waals surface area contributed by atoms with Crippen LogP contribution in [0.2, 0.25) is 0 Å². The number of piperidine rings is 1. The fourth-order valence-electron chi connectivity index (χ4n) is 3.96. The first-order valence-corrected chi connectivity index (χ1v) is 9.43.